The van der Waals surface area contributed by atoms with Gasteiger partial charge in [0.05, 0.1) is 6.04 Å². The molecule has 9 heteroatoms. The van der Waals surface area contributed by atoms with Gasteiger partial charge in [0.2, 0.25) is 17.7 Å². The summed E-state index contributed by atoms with van der Waals surface area (Å²) in [6.45, 7) is 8.82. The molecule has 0 aliphatic heterocycles. The molecule has 1 aromatic carbocycles. The van der Waals surface area contributed by atoms with E-state index in [2.05, 4.69) is 16.0 Å². The van der Waals surface area contributed by atoms with Crippen molar-refractivity contribution in [2.24, 2.45) is 17.6 Å². The largest absolute Gasteiger partial charge is 0.480 e. The number of carbonyl (C=O) groups is 4. The standard InChI is InChI=1S/C24H38N4O5/c1-6-14(3)19(25)23(31)27-18(13-17-11-9-8-10-12-17)22(30)26-16(5)21(29)28-20(24(32)33)15(4)7-2/h8-12,14-16,18-20H,6-7,13,25H2,1-5H3,(H,26,30)(H,27,31)(H,28,29)(H,32,33). The van der Waals surface area contributed by atoms with Gasteiger partial charge in [-0.15, -0.1) is 0 Å². The van der Waals surface area contributed by atoms with Crippen LogP contribution in [0.3, 0.4) is 0 Å². The minimum Gasteiger partial charge on any atom is -0.480 e. The normalized spacial score (nSPS) is 16.4. The average molecular weight is 463 g/mol. The number of carbonyl (C=O) groups excluding carboxylic acids is 3. The van der Waals surface area contributed by atoms with Crippen molar-refractivity contribution in [2.75, 3.05) is 0 Å². The van der Waals surface area contributed by atoms with Crippen LogP contribution in [-0.4, -0.2) is 53.0 Å². The number of amides is 3. The molecular weight excluding hydrogens is 424 g/mol. The van der Waals surface area contributed by atoms with Crippen molar-refractivity contribution in [3.63, 3.8) is 0 Å². The highest BCUT2D eigenvalue weighted by Crippen LogP contribution is 2.10. The number of hydrogen-bond acceptors (Lipinski definition) is 5. The first-order chi connectivity index (χ1) is 15.5. The van der Waals surface area contributed by atoms with Crippen LogP contribution in [0.5, 0.6) is 0 Å². The molecule has 3 amide bonds. The molecule has 33 heavy (non-hydrogen) atoms. The first kappa shape index (κ1) is 28.1. The van der Waals surface area contributed by atoms with Crippen molar-refractivity contribution in [2.45, 2.75) is 78.0 Å². The quantitative estimate of drug-likeness (QED) is 0.297. The third kappa shape index (κ3) is 8.84. The van der Waals surface area contributed by atoms with Crippen LogP contribution < -0.4 is 21.7 Å². The number of nitrogens with two attached hydrogens (primary N) is 1. The zero-order chi connectivity index (χ0) is 25.1. The second kappa shape index (κ2) is 13.6. The molecule has 0 aliphatic carbocycles. The highest BCUT2D eigenvalue weighted by atomic mass is 16.4. The second-order valence-electron chi connectivity index (χ2n) is 8.60. The van der Waals surface area contributed by atoms with Crippen LogP contribution in [0, 0.1) is 11.8 Å². The Morgan fingerprint density at radius 1 is 0.848 bits per heavy atom. The Kier molecular flexibility index (Phi) is 11.6. The van der Waals surface area contributed by atoms with E-state index in [1.165, 1.54) is 6.92 Å². The summed E-state index contributed by atoms with van der Waals surface area (Å²) in [6, 6.07) is 5.39. The molecule has 9 nitrogen and oxygen atoms in total. The van der Waals surface area contributed by atoms with Crippen LogP contribution in [0.1, 0.15) is 53.0 Å². The van der Waals surface area contributed by atoms with Crippen LogP contribution in [0.4, 0.5) is 0 Å². The minimum absolute atomic E-state index is 0.0661. The van der Waals surface area contributed by atoms with Crippen molar-refractivity contribution in [3.05, 3.63) is 35.9 Å². The maximum atomic E-state index is 13.0. The van der Waals surface area contributed by atoms with Gasteiger partial charge in [-0.3, -0.25) is 14.4 Å². The fraction of sp³-hybridized carbons (Fsp3) is 0.583. The van der Waals surface area contributed by atoms with E-state index in [9.17, 15) is 24.3 Å². The lowest BCUT2D eigenvalue weighted by molar-refractivity contribution is -0.143. The lowest BCUT2D eigenvalue weighted by Crippen LogP contribution is -2.58. The van der Waals surface area contributed by atoms with Crippen LogP contribution in [0.15, 0.2) is 30.3 Å². The van der Waals surface area contributed by atoms with Gasteiger partial charge < -0.3 is 26.8 Å². The van der Waals surface area contributed by atoms with Crippen molar-refractivity contribution in [3.8, 4) is 0 Å². The Morgan fingerprint density at radius 3 is 1.94 bits per heavy atom. The van der Waals surface area contributed by atoms with Crippen molar-refractivity contribution in [1.29, 1.82) is 0 Å². The molecule has 0 saturated carbocycles. The monoisotopic (exact) mass is 462 g/mol. The number of aliphatic carboxylic acids is 1. The van der Waals surface area contributed by atoms with E-state index in [0.717, 1.165) is 5.56 Å². The zero-order valence-corrected chi connectivity index (χ0v) is 20.1. The third-order valence-corrected chi connectivity index (χ3v) is 6.00. The van der Waals surface area contributed by atoms with Gasteiger partial charge in [-0.1, -0.05) is 70.9 Å². The minimum atomic E-state index is -1.13. The molecule has 1 aromatic rings. The summed E-state index contributed by atoms with van der Waals surface area (Å²) in [6.07, 6.45) is 1.49. The number of carboxylic acids is 1. The van der Waals surface area contributed by atoms with Gasteiger partial charge in [0.15, 0.2) is 0 Å². The summed E-state index contributed by atoms with van der Waals surface area (Å²) in [4.78, 5) is 49.7. The molecule has 6 N–H and O–H groups in total. The van der Waals surface area contributed by atoms with Crippen molar-refractivity contribution < 1.29 is 24.3 Å². The highest BCUT2D eigenvalue weighted by molar-refractivity contribution is 5.94. The number of nitrogens with one attached hydrogen (secondary N) is 3. The molecule has 6 atom stereocenters. The predicted octanol–water partition coefficient (Wildman–Crippen LogP) is 1.21. The molecule has 184 valence electrons. The lowest BCUT2D eigenvalue weighted by Gasteiger charge is -2.26. The van der Waals surface area contributed by atoms with E-state index in [1.54, 1.807) is 6.92 Å². The van der Waals surface area contributed by atoms with E-state index in [4.69, 9.17) is 5.73 Å². The topological polar surface area (TPSA) is 151 Å². The molecule has 0 aromatic heterocycles. The number of benzene rings is 1. The SMILES string of the molecule is CCC(C)C(N)C(=O)NC(Cc1ccccc1)C(=O)NC(C)C(=O)NC(C(=O)O)C(C)CC. The summed E-state index contributed by atoms with van der Waals surface area (Å²) in [5.74, 6) is -3.09. The van der Waals surface area contributed by atoms with Gasteiger partial charge in [0, 0.05) is 6.42 Å². The van der Waals surface area contributed by atoms with Gasteiger partial charge >= 0.3 is 5.97 Å². The maximum Gasteiger partial charge on any atom is 0.326 e. The maximum absolute atomic E-state index is 13.0. The van der Waals surface area contributed by atoms with Crippen LogP contribution >= 0.6 is 0 Å². The predicted molar refractivity (Wildman–Crippen MR) is 126 cm³/mol. The molecule has 0 bridgehead atoms. The zero-order valence-electron chi connectivity index (χ0n) is 20.1. The van der Waals surface area contributed by atoms with Gasteiger partial charge in [0.25, 0.3) is 0 Å². The van der Waals surface area contributed by atoms with Crippen molar-refractivity contribution in [1.82, 2.24) is 16.0 Å². The molecule has 0 fully saturated rings. The van der Waals surface area contributed by atoms with Crippen LogP contribution in [0.2, 0.25) is 0 Å². The smallest absolute Gasteiger partial charge is 0.326 e. The fourth-order valence-corrected chi connectivity index (χ4v) is 3.18. The molecule has 1 rings (SSSR count). The van der Waals surface area contributed by atoms with Gasteiger partial charge in [-0.05, 0) is 24.3 Å². The summed E-state index contributed by atoms with van der Waals surface area (Å²) < 4.78 is 0. The van der Waals surface area contributed by atoms with Crippen molar-refractivity contribution >= 4 is 23.7 Å². The summed E-state index contributed by atoms with van der Waals surface area (Å²) >= 11 is 0. The molecule has 0 aliphatic rings. The molecule has 0 spiro atoms. The van der Waals surface area contributed by atoms with E-state index >= 15 is 0 Å². The molecule has 0 radical (unpaired) electrons. The summed E-state index contributed by atoms with van der Waals surface area (Å²) in [5.41, 5.74) is 6.85. The molecule has 6 unspecified atom stereocenters. The Morgan fingerprint density at radius 2 is 1.42 bits per heavy atom. The van der Waals surface area contributed by atoms with Crippen LogP contribution in [0.25, 0.3) is 0 Å². The van der Waals surface area contributed by atoms with Crippen LogP contribution in [-0.2, 0) is 25.6 Å². The summed E-state index contributed by atoms with van der Waals surface area (Å²) in [5, 5.41) is 17.2. The average Bonchev–Trinajstić information content (AvgIpc) is 2.80. The van der Waals surface area contributed by atoms with Gasteiger partial charge in [-0.25, -0.2) is 4.79 Å². The first-order valence-corrected chi connectivity index (χ1v) is 11.4. The number of rotatable bonds is 13. The second-order valence-corrected chi connectivity index (χ2v) is 8.60. The van der Waals surface area contributed by atoms with E-state index in [-0.39, 0.29) is 18.3 Å². The summed E-state index contributed by atoms with van der Waals surface area (Å²) in [7, 11) is 0. The van der Waals surface area contributed by atoms with E-state index in [1.807, 2.05) is 51.1 Å². The van der Waals surface area contributed by atoms with Gasteiger partial charge in [0.1, 0.15) is 18.1 Å². The molecular formula is C24H38N4O5. The molecule has 0 saturated heterocycles. The highest BCUT2D eigenvalue weighted by Gasteiger charge is 2.30. The third-order valence-electron chi connectivity index (χ3n) is 6.00. The molecule has 0 heterocycles. The van der Waals surface area contributed by atoms with Gasteiger partial charge in [-0.2, -0.15) is 0 Å². The fourth-order valence-electron chi connectivity index (χ4n) is 3.18. The lowest BCUT2D eigenvalue weighted by atomic mass is 9.98. The van der Waals surface area contributed by atoms with E-state index < -0.39 is 47.9 Å². The Labute approximate surface area is 195 Å². The van der Waals surface area contributed by atoms with E-state index in [0.29, 0.717) is 12.8 Å². The number of carboxylic acid groups (broad SMARTS) is 1. The Bertz CT molecular complexity index is 801. The Hall–Kier alpha value is -2.94. The first-order valence-electron chi connectivity index (χ1n) is 11.4. The Balaban J connectivity index is 2.94. The number of hydrogen-bond donors (Lipinski definition) is 5.